The molecule has 0 saturated carbocycles. The molecule has 0 aliphatic rings. The summed E-state index contributed by atoms with van der Waals surface area (Å²) in [4.78, 5) is 24.6. The Morgan fingerprint density at radius 1 is 0.329 bits per heavy atom. The average molecular weight is 1200 g/mol. The van der Waals surface area contributed by atoms with E-state index in [9.17, 15) is 19.8 Å². The Morgan fingerprint density at radius 2 is 0.588 bits per heavy atom. The van der Waals surface area contributed by atoms with Gasteiger partial charge in [-0.2, -0.15) is 0 Å². The van der Waals surface area contributed by atoms with Gasteiger partial charge in [-0.1, -0.05) is 391 Å². The van der Waals surface area contributed by atoms with E-state index < -0.39 is 12.1 Å². The zero-order valence-electron chi connectivity index (χ0n) is 57.6. The van der Waals surface area contributed by atoms with Crippen LogP contribution in [0.4, 0.5) is 0 Å². The highest BCUT2D eigenvalue weighted by atomic mass is 16.5. The van der Waals surface area contributed by atoms with Gasteiger partial charge in [0.15, 0.2) is 0 Å². The third-order valence-corrected chi connectivity index (χ3v) is 18.2. The van der Waals surface area contributed by atoms with Gasteiger partial charge in [-0.15, -0.1) is 0 Å². The lowest BCUT2D eigenvalue weighted by Gasteiger charge is -2.20. The lowest BCUT2D eigenvalue weighted by atomic mass is 10.0. The molecule has 502 valence electrons. The van der Waals surface area contributed by atoms with E-state index in [0.29, 0.717) is 19.4 Å². The fourth-order valence-corrected chi connectivity index (χ4v) is 12.3. The molecule has 1 amide bonds. The number of carbonyl (C=O) groups is 2. The normalized spacial score (nSPS) is 12.7. The van der Waals surface area contributed by atoms with Crippen LogP contribution < -0.4 is 5.32 Å². The van der Waals surface area contributed by atoms with Crippen molar-refractivity contribution in [1.82, 2.24) is 5.32 Å². The molecule has 0 aromatic carbocycles. The largest absolute Gasteiger partial charge is 0.466 e. The Labute approximate surface area is 532 Å². The molecule has 2 unspecified atom stereocenters. The number of allylic oxidation sites excluding steroid dienone is 5. The molecule has 0 aromatic heterocycles. The SMILES string of the molecule is CCCCC/C=C\C/C=C\CCCCCCCCCC(=O)OCCCCCCCCCCCCCCCCCCCCCCCCCCCCCCCCCC(=O)NC(CO)C(O)/C=C/CCCCCCCCCCCCCCCCCCCC. The van der Waals surface area contributed by atoms with Crippen molar-refractivity contribution >= 4 is 11.9 Å². The number of amides is 1. The van der Waals surface area contributed by atoms with E-state index in [-0.39, 0.29) is 18.5 Å². The smallest absolute Gasteiger partial charge is 0.305 e. The molecule has 0 aromatic rings. The summed E-state index contributed by atoms with van der Waals surface area (Å²) in [5.41, 5.74) is 0. The second-order valence-electron chi connectivity index (χ2n) is 26.7. The number of rotatable bonds is 73. The van der Waals surface area contributed by atoms with Gasteiger partial charge < -0.3 is 20.3 Å². The first-order valence-electron chi connectivity index (χ1n) is 38.8. The lowest BCUT2D eigenvalue weighted by Crippen LogP contribution is -2.45. The Morgan fingerprint density at radius 3 is 0.918 bits per heavy atom. The number of aliphatic hydroxyl groups excluding tert-OH is 2. The first kappa shape index (κ1) is 83.1. The van der Waals surface area contributed by atoms with E-state index in [1.807, 2.05) is 6.08 Å². The first-order valence-corrected chi connectivity index (χ1v) is 38.8. The molecule has 0 bridgehead atoms. The predicted molar refractivity (Wildman–Crippen MR) is 375 cm³/mol. The molecule has 2 atom stereocenters. The quantitative estimate of drug-likeness (QED) is 0.0320. The van der Waals surface area contributed by atoms with Crippen LogP contribution in [-0.4, -0.2) is 47.4 Å². The van der Waals surface area contributed by atoms with Gasteiger partial charge in [0.2, 0.25) is 5.91 Å². The van der Waals surface area contributed by atoms with Crippen LogP contribution in [0.2, 0.25) is 0 Å². The van der Waals surface area contributed by atoms with Crippen LogP contribution >= 0.6 is 0 Å². The van der Waals surface area contributed by atoms with Crippen LogP contribution in [-0.2, 0) is 14.3 Å². The summed E-state index contributed by atoms with van der Waals surface area (Å²) < 4.78 is 5.51. The third kappa shape index (κ3) is 71.0. The van der Waals surface area contributed by atoms with E-state index in [4.69, 9.17) is 4.74 Å². The number of esters is 1. The van der Waals surface area contributed by atoms with Crippen molar-refractivity contribution in [3.8, 4) is 0 Å². The van der Waals surface area contributed by atoms with Crippen LogP contribution in [0.1, 0.15) is 431 Å². The Kier molecular flexibility index (Phi) is 72.9. The molecule has 85 heavy (non-hydrogen) atoms. The number of hydrogen-bond acceptors (Lipinski definition) is 5. The van der Waals surface area contributed by atoms with Crippen molar-refractivity contribution in [2.75, 3.05) is 13.2 Å². The summed E-state index contributed by atoms with van der Waals surface area (Å²) in [6.45, 7) is 4.92. The molecule has 0 spiro atoms. The first-order chi connectivity index (χ1) is 42.0. The van der Waals surface area contributed by atoms with Gasteiger partial charge >= 0.3 is 5.97 Å². The van der Waals surface area contributed by atoms with Gasteiger partial charge in [0.05, 0.1) is 25.4 Å². The van der Waals surface area contributed by atoms with Crippen molar-refractivity contribution in [3.63, 3.8) is 0 Å². The molecule has 3 N–H and O–H groups in total. The summed E-state index contributed by atoms with van der Waals surface area (Å²) in [6.07, 6.45) is 96.8. The molecule has 0 aliphatic carbocycles. The summed E-state index contributed by atoms with van der Waals surface area (Å²) in [5.74, 6) is -0.0464. The van der Waals surface area contributed by atoms with Crippen molar-refractivity contribution in [2.45, 2.75) is 443 Å². The Balaban J connectivity index is 3.35. The fraction of sp³-hybridized carbons (Fsp3) is 0.899. The predicted octanol–water partition coefficient (Wildman–Crippen LogP) is 25.4. The van der Waals surface area contributed by atoms with Crippen molar-refractivity contribution < 1.29 is 24.5 Å². The maximum atomic E-state index is 12.5. The molecular formula is C79H151NO5. The lowest BCUT2D eigenvalue weighted by molar-refractivity contribution is -0.143. The van der Waals surface area contributed by atoms with Gasteiger partial charge in [-0.25, -0.2) is 0 Å². The maximum Gasteiger partial charge on any atom is 0.305 e. The number of nitrogens with one attached hydrogen (secondary N) is 1. The molecule has 0 rings (SSSR count). The van der Waals surface area contributed by atoms with Crippen LogP contribution in [0.5, 0.6) is 0 Å². The van der Waals surface area contributed by atoms with E-state index >= 15 is 0 Å². The van der Waals surface area contributed by atoms with Crippen LogP contribution in [0.25, 0.3) is 0 Å². The van der Waals surface area contributed by atoms with Crippen molar-refractivity contribution in [2.24, 2.45) is 0 Å². The second kappa shape index (κ2) is 74.5. The zero-order valence-corrected chi connectivity index (χ0v) is 57.6. The number of ether oxygens (including phenoxy) is 1. The molecule has 0 heterocycles. The third-order valence-electron chi connectivity index (χ3n) is 18.2. The maximum absolute atomic E-state index is 12.5. The fourth-order valence-electron chi connectivity index (χ4n) is 12.3. The zero-order chi connectivity index (χ0) is 61.3. The van der Waals surface area contributed by atoms with Crippen LogP contribution in [0.15, 0.2) is 36.5 Å². The van der Waals surface area contributed by atoms with Crippen LogP contribution in [0.3, 0.4) is 0 Å². The summed E-state index contributed by atoms with van der Waals surface area (Å²) in [6, 6.07) is -0.626. The van der Waals surface area contributed by atoms with Crippen molar-refractivity contribution in [1.29, 1.82) is 0 Å². The second-order valence-corrected chi connectivity index (χ2v) is 26.7. The minimum absolute atomic E-state index is 0.0133. The summed E-state index contributed by atoms with van der Waals surface area (Å²) in [7, 11) is 0. The van der Waals surface area contributed by atoms with Crippen molar-refractivity contribution in [3.05, 3.63) is 36.5 Å². The van der Waals surface area contributed by atoms with Crippen LogP contribution in [0, 0.1) is 0 Å². The van der Waals surface area contributed by atoms with Gasteiger partial charge in [0.1, 0.15) is 0 Å². The monoisotopic (exact) mass is 1190 g/mol. The number of carbonyl (C=O) groups excluding carboxylic acids is 2. The number of hydrogen-bond donors (Lipinski definition) is 3. The van der Waals surface area contributed by atoms with Gasteiger partial charge in [0, 0.05) is 12.8 Å². The standard InChI is InChI=1S/C79H151NO5/c1-3-5-7-9-11-13-15-17-19-21-22-36-40-43-47-51-55-59-63-67-71-77(82)76(75-81)80-78(83)72-68-64-60-56-52-48-44-41-37-34-32-30-28-26-24-23-25-27-29-31-33-35-38-42-46-50-54-58-62-66-70-74-85-79(84)73-69-65-61-57-53-49-45-39-20-18-16-14-12-10-8-6-4-2/h12,14,18,20,67,71,76-77,81-82H,3-11,13,15-17,19,21-66,68-70,72-75H2,1-2H3,(H,80,83)/b14-12-,20-18-,71-67+. The molecule has 0 aliphatic heterocycles. The summed E-state index contributed by atoms with van der Waals surface area (Å²) >= 11 is 0. The molecular weight excluding hydrogens is 1040 g/mol. The molecule has 6 heteroatoms. The Hall–Kier alpha value is -1.92. The molecule has 0 fully saturated rings. The average Bonchev–Trinajstić information content (AvgIpc) is 3.51. The molecule has 6 nitrogen and oxygen atoms in total. The van der Waals surface area contributed by atoms with E-state index in [1.165, 1.54) is 353 Å². The van der Waals surface area contributed by atoms with Gasteiger partial charge in [-0.05, 0) is 64.2 Å². The molecule has 0 saturated heterocycles. The summed E-state index contributed by atoms with van der Waals surface area (Å²) in [5, 5.41) is 23.3. The topological polar surface area (TPSA) is 95.9 Å². The number of unbranched alkanes of at least 4 members (excludes halogenated alkanes) is 58. The van der Waals surface area contributed by atoms with E-state index in [2.05, 4.69) is 43.5 Å². The van der Waals surface area contributed by atoms with E-state index in [1.54, 1.807) is 6.08 Å². The minimum Gasteiger partial charge on any atom is -0.466 e. The van der Waals surface area contributed by atoms with Gasteiger partial charge in [0.25, 0.3) is 0 Å². The number of aliphatic hydroxyl groups is 2. The Bertz CT molecular complexity index is 1380. The van der Waals surface area contributed by atoms with Gasteiger partial charge in [-0.3, -0.25) is 9.59 Å². The highest BCUT2D eigenvalue weighted by molar-refractivity contribution is 5.76. The highest BCUT2D eigenvalue weighted by Crippen LogP contribution is 2.20. The van der Waals surface area contributed by atoms with E-state index in [0.717, 1.165) is 51.4 Å². The molecule has 0 radical (unpaired) electrons. The minimum atomic E-state index is -0.843. The highest BCUT2D eigenvalue weighted by Gasteiger charge is 2.18.